The number of carbonyl (C=O) groups is 1. The number of anilines is 1. The highest BCUT2D eigenvalue weighted by Crippen LogP contribution is 2.13. The minimum Gasteiger partial charge on any atom is -0.399 e. The Bertz CT molecular complexity index is 546. The second kappa shape index (κ2) is 6.53. The van der Waals surface area contributed by atoms with Crippen LogP contribution in [0.25, 0.3) is 0 Å². The topological polar surface area (TPSA) is 43.1 Å². The van der Waals surface area contributed by atoms with Crippen LogP contribution in [0.15, 0.2) is 53.0 Å². The molecule has 0 aliphatic heterocycles. The van der Waals surface area contributed by atoms with E-state index in [0.717, 1.165) is 27.7 Å². The molecule has 0 unspecified atom stereocenters. The molecule has 2 aromatic carbocycles. The molecule has 0 atom stereocenters. The van der Waals surface area contributed by atoms with Gasteiger partial charge in [-0.25, -0.2) is 0 Å². The molecule has 0 amide bonds. The van der Waals surface area contributed by atoms with Crippen LogP contribution in [0.3, 0.4) is 0 Å². The summed E-state index contributed by atoms with van der Waals surface area (Å²) in [5.74, 6) is 0.263. The Morgan fingerprint density at radius 1 is 0.947 bits per heavy atom. The first-order valence-electron chi connectivity index (χ1n) is 6.24. The Morgan fingerprint density at radius 2 is 1.53 bits per heavy atom. The first-order valence-corrected chi connectivity index (χ1v) is 7.03. The van der Waals surface area contributed by atoms with Crippen LogP contribution < -0.4 is 5.73 Å². The van der Waals surface area contributed by atoms with Crippen molar-refractivity contribution >= 4 is 27.4 Å². The molecule has 0 radical (unpaired) electrons. The summed E-state index contributed by atoms with van der Waals surface area (Å²) in [4.78, 5) is 11.9. The Morgan fingerprint density at radius 3 is 2.16 bits per heavy atom. The van der Waals surface area contributed by atoms with Crippen molar-refractivity contribution in [3.05, 3.63) is 64.1 Å². The predicted molar refractivity (Wildman–Crippen MR) is 82.0 cm³/mol. The van der Waals surface area contributed by atoms with E-state index in [-0.39, 0.29) is 5.78 Å². The summed E-state index contributed by atoms with van der Waals surface area (Å²) < 4.78 is 1.03. The van der Waals surface area contributed by atoms with Crippen LogP contribution in [0.5, 0.6) is 0 Å². The lowest BCUT2D eigenvalue weighted by Gasteiger charge is -2.03. The molecular formula is C16H16BrNO. The second-order valence-electron chi connectivity index (χ2n) is 4.58. The zero-order valence-corrected chi connectivity index (χ0v) is 12.2. The lowest BCUT2D eigenvalue weighted by molar-refractivity contribution is -0.118. The summed E-state index contributed by atoms with van der Waals surface area (Å²) in [6.45, 7) is 0. The van der Waals surface area contributed by atoms with Crippen LogP contribution in [-0.4, -0.2) is 5.78 Å². The lowest BCUT2D eigenvalue weighted by atomic mass is 10.0. The number of nitrogens with two attached hydrogens (primary N) is 1. The maximum atomic E-state index is 11.9. The molecule has 2 N–H and O–H groups in total. The van der Waals surface area contributed by atoms with Gasteiger partial charge in [0.15, 0.2) is 0 Å². The zero-order chi connectivity index (χ0) is 13.7. The number of aryl methyl sites for hydroxylation is 1. The molecule has 3 heteroatoms. The molecule has 0 aliphatic carbocycles. The van der Waals surface area contributed by atoms with Gasteiger partial charge in [0, 0.05) is 23.0 Å². The van der Waals surface area contributed by atoms with Crippen molar-refractivity contribution < 1.29 is 4.79 Å². The van der Waals surface area contributed by atoms with E-state index in [0.29, 0.717) is 12.8 Å². The third kappa shape index (κ3) is 4.52. The van der Waals surface area contributed by atoms with Gasteiger partial charge in [0.1, 0.15) is 5.78 Å². The average Bonchev–Trinajstić information content (AvgIpc) is 2.41. The highest BCUT2D eigenvalue weighted by Gasteiger charge is 2.04. The molecule has 0 saturated carbocycles. The van der Waals surface area contributed by atoms with Gasteiger partial charge in [-0.3, -0.25) is 4.79 Å². The number of halogens is 1. The van der Waals surface area contributed by atoms with Crippen LogP contribution in [0.1, 0.15) is 17.5 Å². The summed E-state index contributed by atoms with van der Waals surface area (Å²) in [5, 5.41) is 0. The SMILES string of the molecule is Nc1ccc(CCC(=O)Cc2ccc(Br)cc2)cc1. The molecule has 0 fully saturated rings. The molecule has 2 aromatic rings. The van der Waals surface area contributed by atoms with Gasteiger partial charge in [0.25, 0.3) is 0 Å². The molecule has 0 saturated heterocycles. The number of rotatable bonds is 5. The van der Waals surface area contributed by atoms with Gasteiger partial charge in [0.2, 0.25) is 0 Å². The average molecular weight is 318 g/mol. The molecule has 0 spiro atoms. The molecule has 2 nitrogen and oxygen atoms in total. The number of Topliss-reactive ketones (excluding diaryl/α,β-unsaturated/α-hetero) is 1. The Kier molecular flexibility index (Phi) is 4.74. The normalized spacial score (nSPS) is 10.4. The minimum absolute atomic E-state index is 0.263. The maximum Gasteiger partial charge on any atom is 0.137 e. The zero-order valence-electron chi connectivity index (χ0n) is 10.6. The van der Waals surface area contributed by atoms with Gasteiger partial charge in [0.05, 0.1) is 0 Å². The van der Waals surface area contributed by atoms with Crippen molar-refractivity contribution in [3.63, 3.8) is 0 Å². The molecule has 19 heavy (non-hydrogen) atoms. The second-order valence-corrected chi connectivity index (χ2v) is 5.50. The fourth-order valence-electron chi connectivity index (χ4n) is 1.89. The summed E-state index contributed by atoms with van der Waals surface area (Å²) >= 11 is 3.38. The Balaban J connectivity index is 1.84. The number of carbonyl (C=O) groups excluding carboxylic acids is 1. The van der Waals surface area contributed by atoms with Crippen molar-refractivity contribution in [2.75, 3.05) is 5.73 Å². The lowest BCUT2D eigenvalue weighted by Crippen LogP contribution is -2.04. The van der Waals surface area contributed by atoms with Crippen LogP contribution in [0.4, 0.5) is 5.69 Å². The van der Waals surface area contributed by atoms with Crippen LogP contribution in [0.2, 0.25) is 0 Å². The molecule has 0 heterocycles. The number of nitrogen functional groups attached to an aromatic ring is 1. The smallest absolute Gasteiger partial charge is 0.137 e. The fourth-order valence-corrected chi connectivity index (χ4v) is 2.15. The summed E-state index contributed by atoms with van der Waals surface area (Å²) in [6.07, 6.45) is 1.85. The number of hydrogen-bond donors (Lipinski definition) is 1. The van der Waals surface area contributed by atoms with Crippen molar-refractivity contribution in [2.24, 2.45) is 0 Å². The number of ketones is 1. The highest BCUT2D eigenvalue weighted by atomic mass is 79.9. The van der Waals surface area contributed by atoms with Gasteiger partial charge in [-0.05, 0) is 41.8 Å². The van der Waals surface area contributed by atoms with E-state index in [4.69, 9.17) is 5.73 Å². The quantitative estimate of drug-likeness (QED) is 0.853. The highest BCUT2D eigenvalue weighted by molar-refractivity contribution is 9.10. The van der Waals surface area contributed by atoms with Gasteiger partial charge in [-0.1, -0.05) is 40.2 Å². The summed E-state index contributed by atoms with van der Waals surface area (Å²) in [5.41, 5.74) is 8.59. The predicted octanol–water partition coefficient (Wildman–Crippen LogP) is 3.78. The van der Waals surface area contributed by atoms with Gasteiger partial charge >= 0.3 is 0 Å². The third-order valence-electron chi connectivity index (χ3n) is 2.99. The monoisotopic (exact) mass is 317 g/mol. The van der Waals surface area contributed by atoms with Gasteiger partial charge in [-0.2, -0.15) is 0 Å². The van der Waals surface area contributed by atoms with E-state index >= 15 is 0 Å². The number of hydrogen-bond acceptors (Lipinski definition) is 2. The third-order valence-corrected chi connectivity index (χ3v) is 3.52. The van der Waals surface area contributed by atoms with Crippen molar-refractivity contribution in [2.45, 2.75) is 19.3 Å². The van der Waals surface area contributed by atoms with E-state index in [1.165, 1.54) is 0 Å². The van der Waals surface area contributed by atoms with Crippen molar-refractivity contribution in [1.29, 1.82) is 0 Å². The van der Waals surface area contributed by atoms with Gasteiger partial charge in [-0.15, -0.1) is 0 Å². The molecule has 0 bridgehead atoms. The van der Waals surface area contributed by atoms with E-state index < -0.39 is 0 Å². The molecule has 2 rings (SSSR count). The van der Waals surface area contributed by atoms with E-state index in [2.05, 4.69) is 15.9 Å². The van der Waals surface area contributed by atoms with Crippen molar-refractivity contribution in [3.8, 4) is 0 Å². The molecule has 0 aromatic heterocycles. The minimum atomic E-state index is 0.263. The summed E-state index contributed by atoms with van der Waals surface area (Å²) in [7, 11) is 0. The van der Waals surface area contributed by atoms with Crippen molar-refractivity contribution in [1.82, 2.24) is 0 Å². The maximum absolute atomic E-state index is 11.9. The largest absolute Gasteiger partial charge is 0.399 e. The standard InChI is InChI=1S/C16H16BrNO/c17-14-6-1-13(2-7-14)11-16(19)10-5-12-3-8-15(18)9-4-12/h1-4,6-9H,5,10-11,18H2. The van der Waals surface area contributed by atoms with Crippen LogP contribution >= 0.6 is 15.9 Å². The Hall–Kier alpha value is -1.61. The molecule has 0 aliphatic rings. The molecular weight excluding hydrogens is 302 g/mol. The first-order chi connectivity index (χ1) is 9.13. The van der Waals surface area contributed by atoms with Crippen LogP contribution in [0, 0.1) is 0 Å². The van der Waals surface area contributed by atoms with E-state index in [9.17, 15) is 4.79 Å². The van der Waals surface area contributed by atoms with E-state index in [1.807, 2.05) is 48.5 Å². The first kappa shape index (κ1) is 13.8. The van der Waals surface area contributed by atoms with Crippen LogP contribution in [-0.2, 0) is 17.6 Å². The fraction of sp³-hybridized carbons (Fsp3) is 0.188. The molecule has 98 valence electrons. The Labute approximate surface area is 121 Å². The number of benzene rings is 2. The van der Waals surface area contributed by atoms with E-state index in [1.54, 1.807) is 0 Å². The summed E-state index contributed by atoms with van der Waals surface area (Å²) in [6, 6.07) is 15.6. The van der Waals surface area contributed by atoms with Gasteiger partial charge < -0.3 is 5.73 Å².